The molecule has 0 radical (unpaired) electrons. The molecule has 106 valence electrons. The van der Waals surface area contributed by atoms with E-state index in [-0.39, 0.29) is 10.7 Å². The molecule has 0 spiro atoms. The van der Waals surface area contributed by atoms with Crippen LogP contribution in [-0.4, -0.2) is 25.8 Å². The largest absolute Gasteiger partial charge is 0.243 e. The summed E-state index contributed by atoms with van der Waals surface area (Å²) >= 11 is 0. The van der Waals surface area contributed by atoms with Gasteiger partial charge in [-0.15, -0.1) is 0 Å². The van der Waals surface area contributed by atoms with Crippen molar-refractivity contribution in [2.45, 2.75) is 38.0 Å². The number of benzene rings is 1. The summed E-state index contributed by atoms with van der Waals surface area (Å²) < 4.78 is 39.9. The maximum Gasteiger partial charge on any atom is 0.243 e. The lowest BCUT2D eigenvalue weighted by atomic mass is 10.2. The molecular weight excluding hydrogens is 265 g/mol. The number of nitrogens with zero attached hydrogens (tertiary/aromatic N) is 1. The molecule has 0 aliphatic heterocycles. The summed E-state index contributed by atoms with van der Waals surface area (Å²) in [6, 6.07) is 4.00. The van der Waals surface area contributed by atoms with Gasteiger partial charge in [-0.1, -0.05) is 6.92 Å². The van der Waals surface area contributed by atoms with Gasteiger partial charge in [0.15, 0.2) is 0 Å². The van der Waals surface area contributed by atoms with Gasteiger partial charge in [-0.25, -0.2) is 12.8 Å². The summed E-state index contributed by atoms with van der Waals surface area (Å²) in [5.41, 5.74) is 0.365. The summed E-state index contributed by atoms with van der Waals surface area (Å²) in [5.74, 6) is 0.131. The first kappa shape index (κ1) is 14.5. The molecule has 3 nitrogen and oxygen atoms in total. The highest BCUT2D eigenvalue weighted by molar-refractivity contribution is 7.89. The Hall–Kier alpha value is -0.940. The molecule has 1 saturated carbocycles. The minimum atomic E-state index is -3.49. The number of hydrogen-bond acceptors (Lipinski definition) is 2. The van der Waals surface area contributed by atoms with Crippen LogP contribution in [0.5, 0.6) is 0 Å². The number of sulfonamides is 1. The minimum absolute atomic E-state index is 0.195. The van der Waals surface area contributed by atoms with Gasteiger partial charge in [0, 0.05) is 13.1 Å². The zero-order chi connectivity index (χ0) is 14.0. The van der Waals surface area contributed by atoms with Crippen LogP contribution in [0, 0.1) is 18.7 Å². The van der Waals surface area contributed by atoms with E-state index < -0.39 is 10.0 Å². The molecule has 1 aliphatic carbocycles. The van der Waals surface area contributed by atoms with E-state index in [0.29, 0.717) is 24.6 Å². The maximum absolute atomic E-state index is 13.2. The van der Waals surface area contributed by atoms with Gasteiger partial charge in [-0.2, -0.15) is 4.31 Å². The van der Waals surface area contributed by atoms with Crippen molar-refractivity contribution in [3.63, 3.8) is 0 Å². The highest BCUT2D eigenvalue weighted by Crippen LogP contribution is 2.31. The highest BCUT2D eigenvalue weighted by atomic mass is 32.2. The fourth-order valence-corrected chi connectivity index (χ4v) is 3.77. The van der Waals surface area contributed by atoms with Gasteiger partial charge in [0.05, 0.1) is 4.90 Å². The summed E-state index contributed by atoms with van der Waals surface area (Å²) in [6.45, 7) is 4.66. The van der Waals surface area contributed by atoms with Gasteiger partial charge in [-0.3, -0.25) is 0 Å². The molecule has 1 aromatic rings. The van der Waals surface area contributed by atoms with Crippen LogP contribution in [0.4, 0.5) is 4.39 Å². The van der Waals surface area contributed by atoms with Crippen molar-refractivity contribution in [1.29, 1.82) is 0 Å². The second-order valence-electron chi connectivity index (χ2n) is 5.22. The topological polar surface area (TPSA) is 37.4 Å². The van der Waals surface area contributed by atoms with E-state index >= 15 is 0 Å². The number of hydrogen-bond donors (Lipinski definition) is 0. The van der Waals surface area contributed by atoms with Crippen molar-refractivity contribution in [3.8, 4) is 0 Å². The SMILES string of the molecule is CCCN(CC1CC1)S(=O)(=O)c1ccc(F)c(C)c1. The van der Waals surface area contributed by atoms with Gasteiger partial charge in [0.2, 0.25) is 10.0 Å². The van der Waals surface area contributed by atoms with Crippen LogP contribution < -0.4 is 0 Å². The van der Waals surface area contributed by atoms with Gasteiger partial charge in [0.25, 0.3) is 0 Å². The zero-order valence-electron chi connectivity index (χ0n) is 11.4. The van der Waals surface area contributed by atoms with Crippen molar-refractivity contribution in [2.75, 3.05) is 13.1 Å². The molecule has 2 rings (SSSR count). The molecule has 1 aromatic carbocycles. The lowest BCUT2D eigenvalue weighted by Crippen LogP contribution is -2.33. The van der Waals surface area contributed by atoms with Crippen LogP contribution in [0.1, 0.15) is 31.7 Å². The van der Waals surface area contributed by atoms with Crippen molar-refractivity contribution in [1.82, 2.24) is 4.31 Å². The van der Waals surface area contributed by atoms with Crippen LogP contribution in [0.2, 0.25) is 0 Å². The number of aryl methyl sites for hydroxylation is 1. The summed E-state index contributed by atoms with van der Waals surface area (Å²) in [5, 5.41) is 0. The Morgan fingerprint density at radius 2 is 2.05 bits per heavy atom. The van der Waals surface area contributed by atoms with E-state index in [9.17, 15) is 12.8 Å². The predicted molar refractivity (Wildman–Crippen MR) is 72.9 cm³/mol. The van der Waals surface area contributed by atoms with Gasteiger partial charge in [-0.05, 0) is 55.9 Å². The quantitative estimate of drug-likeness (QED) is 0.806. The minimum Gasteiger partial charge on any atom is -0.207 e. The molecule has 1 aliphatic rings. The average Bonchev–Trinajstić information content (AvgIpc) is 3.16. The monoisotopic (exact) mass is 285 g/mol. The van der Waals surface area contributed by atoms with Crippen LogP contribution in [-0.2, 0) is 10.0 Å². The molecule has 1 fully saturated rings. The van der Waals surface area contributed by atoms with E-state index in [1.54, 1.807) is 6.92 Å². The Morgan fingerprint density at radius 3 is 2.58 bits per heavy atom. The molecule has 0 unspecified atom stereocenters. The molecule has 0 aromatic heterocycles. The lowest BCUT2D eigenvalue weighted by Gasteiger charge is -2.21. The van der Waals surface area contributed by atoms with Crippen LogP contribution in [0.3, 0.4) is 0 Å². The Morgan fingerprint density at radius 1 is 1.37 bits per heavy atom. The van der Waals surface area contributed by atoms with Crippen LogP contribution >= 0.6 is 0 Å². The summed E-state index contributed by atoms with van der Waals surface area (Å²) in [7, 11) is -3.49. The van der Waals surface area contributed by atoms with Crippen molar-refractivity contribution in [2.24, 2.45) is 5.92 Å². The predicted octanol–water partition coefficient (Wildman–Crippen LogP) is 2.94. The van der Waals surface area contributed by atoms with Gasteiger partial charge >= 0.3 is 0 Å². The first-order valence-electron chi connectivity index (χ1n) is 6.71. The molecule has 0 amide bonds. The molecular formula is C14H20FNO2S. The van der Waals surface area contributed by atoms with E-state index in [0.717, 1.165) is 19.3 Å². The standard InChI is InChI=1S/C14H20FNO2S/c1-3-8-16(10-12-4-5-12)19(17,18)13-6-7-14(15)11(2)9-13/h6-7,9,12H,3-5,8,10H2,1-2H3. The zero-order valence-corrected chi connectivity index (χ0v) is 12.2. The molecule has 0 bridgehead atoms. The van der Waals surface area contributed by atoms with Crippen molar-refractivity contribution >= 4 is 10.0 Å². The fourth-order valence-electron chi connectivity index (χ4n) is 2.07. The Labute approximate surface area is 114 Å². The first-order valence-corrected chi connectivity index (χ1v) is 8.15. The van der Waals surface area contributed by atoms with Crippen molar-refractivity contribution in [3.05, 3.63) is 29.6 Å². The third-order valence-electron chi connectivity index (χ3n) is 3.40. The Bertz CT molecular complexity index is 553. The maximum atomic E-state index is 13.2. The Kier molecular flexibility index (Phi) is 4.26. The molecule has 5 heteroatoms. The molecule has 0 N–H and O–H groups in total. The second-order valence-corrected chi connectivity index (χ2v) is 7.16. The van der Waals surface area contributed by atoms with E-state index in [1.165, 1.54) is 22.5 Å². The van der Waals surface area contributed by atoms with Crippen LogP contribution in [0.25, 0.3) is 0 Å². The Balaban J connectivity index is 2.28. The number of rotatable bonds is 6. The lowest BCUT2D eigenvalue weighted by molar-refractivity contribution is 0.395. The average molecular weight is 285 g/mol. The molecule has 0 atom stereocenters. The van der Waals surface area contributed by atoms with E-state index in [2.05, 4.69) is 0 Å². The molecule has 0 saturated heterocycles. The van der Waals surface area contributed by atoms with E-state index in [1.807, 2.05) is 6.92 Å². The third-order valence-corrected chi connectivity index (χ3v) is 5.26. The fraction of sp³-hybridized carbons (Fsp3) is 0.571. The second kappa shape index (κ2) is 5.59. The molecule has 0 heterocycles. The summed E-state index contributed by atoms with van der Waals surface area (Å²) in [4.78, 5) is 0.195. The van der Waals surface area contributed by atoms with Crippen molar-refractivity contribution < 1.29 is 12.8 Å². The smallest absolute Gasteiger partial charge is 0.207 e. The summed E-state index contributed by atoms with van der Waals surface area (Å²) in [6.07, 6.45) is 3.00. The normalized spacial score (nSPS) is 16.0. The van der Waals surface area contributed by atoms with Gasteiger partial charge in [0.1, 0.15) is 5.82 Å². The number of halogens is 1. The van der Waals surface area contributed by atoms with Crippen LogP contribution in [0.15, 0.2) is 23.1 Å². The highest BCUT2D eigenvalue weighted by Gasteiger charge is 2.31. The molecule has 19 heavy (non-hydrogen) atoms. The first-order chi connectivity index (χ1) is 8.95. The van der Waals surface area contributed by atoms with Gasteiger partial charge < -0.3 is 0 Å². The third kappa shape index (κ3) is 3.34. The van der Waals surface area contributed by atoms with E-state index in [4.69, 9.17) is 0 Å².